The predicted octanol–water partition coefficient (Wildman–Crippen LogP) is 1.05. The fourth-order valence-corrected chi connectivity index (χ4v) is 3.59. The van der Waals surface area contributed by atoms with Crippen molar-refractivity contribution >= 4 is 27.0 Å². The van der Waals surface area contributed by atoms with Crippen molar-refractivity contribution in [3.63, 3.8) is 0 Å². The summed E-state index contributed by atoms with van der Waals surface area (Å²) in [5.41, 5.74) is 0.447. The molecule has 2 heterocycles. The predicted molar refractivity (Wildman–Crippen MR) is 72.8 cm³/mol. The van der Waals surface area contributed by atoms with Crippen LogP contribution in [0, 0.1) is 0 Å². The topological polar surface area (TPSA) is 103 Å². The van der Waals surface area contributed by atoms with Crippen molar-refractivity contribution < 1.29 is 18.3 Å². The van der Waals surface area contributed by atoms with Gasteiger partial charge in [-0.15, -0.1) is 0 Å². The number of carbonyl (C=O) groups is 1. The van der Waals surface area contributed by atoms with E-state index < -0.39 is 22.0 Å². The van der Waals surface area contributed by atoms with Crippen molar-refractivity contribution in [1.82, 2.24) is 14.3 Å². The van der Waals surface area contributed by atoms with Gasteiger partial charge in [0.15, 0.2) is 0 Å². The second-order valence-electron chi connectivity index (χ2n) is 4.34. The lowest BCUT2D eigenvalue weighted by Crippen LogP contribution is -2.41. The molecule has 2 aromatic heterocycles. The maximum absolute atomic E-state index is 12.5. The largest absolute Gasteiger partial charge is 0.480 e. The Morgan fingerprint density at radius 3 is 2.85 bits per heavy atom. The number of nitrogens with one attached hydrogen (secondary N) is 1. The van der Waals surface area contributed by atoms with Gasteiger partial charge < -0.3 is 10.1 Å². The molecule has 2 rings (SSSR count). The van der Waals surface area contributed by atoms with Crippen molar-refractivity contribution in [1.29, 1.82) is 0 Å². The van der Waals surface area contributed by atoms with Crippen molar-refractivity contribution in [2.24, 2.45) is 0 Å². The number of likely N-dealkylation sites (N-methyl/N-ethyl adjacent to an activating group) is 1. The Labute approximate surface area is 116 Å². The molecule has 20 heavy (non-hydrogen) atoms. The van der Waals surface area contributed by atoms with Crippen molar-refractivity contribution in [2.45, 2.75) is 24.3 Å². The Bertz CT molecular complexity index is 738. The van der Waals surface area contributed by atoms with Crippen molar-refractivity contribution in [3.8, 4) is 0 Å². The fourth-order valence-electron chi connectivity index (χ4n) is 2.05. The molecule has 1 unspecified atom stereocenters. The smallest absolute Gasteiger partial charge is 0.321 e. The van der Waals surface area contributed by atoms with E-state index >= 15 is 0 Å². The number of sulfonamides is 1. The number of H-pyrrole nitrogens is 1. The van der Waals surface area contributed by atoms with Crippen LogP contribution in [0.15, 0.2) is 29.4 Å². The molecular formula is C12H15N3O4S. The number of rotatable bonds is 5. The molecule has 0 saturated heterocycles. The molecule has 7 nitrogen and oxygen atoms in total. The van der Waals surface area contributed by atoms with Crippen LogP contribution in [0.2, 0.25) is 0 Å². The van der Waals surface area contributed by atoms with Gasteiger partial charge in [0.05, 0.1) is 0 Å². The summed E-state index contributed by atoms with van der Waals surface area (Å²) in [6.45, 7) is 1.63. The highest BCUT2D eigenvalue weighted by atomic mass is 32.2. The zero-order valence-corrected chi connectivity index (χ0v) is 11.9. The van der Waals surface area contributed by atoms with Crippen molar-refractivity contribution in [2.75, 3.05) is 7.05 Å². The van der Waals surface area contributed by atoms with Gasteiger partial charge in [-0.3, -0.25) is 4.79 Å². The van der Waals surface area contributed by atoms with Gasteiger partial charge in [0.2, 0.25) is 10.0 Å². The van der Waals surface area contributed by atoms with Crippen LogP contribution < -0.4 is 0 Å². The number of hydrogen-bond donors (Lipinski definition) is 2. The normalized spacial score (nSPS) is 13.8. The summed E-state index contributed by atoms with van der Waals surface area (Å²) in [4.78, 5) is 17.9. The number of pyridine rings is 1. The molecule has 0 aliphatic heterocycles. The second-order valence-corrected chi connectivity index (χ2v) is 6.30. The highest BCUT2D eigenvalue weighted by Gasteiger charge is 2.33. The van der Waals surface area contributed by atoms with Crippen LogP contribution in [0.1, 0.15) is 13.3 Å². The minimum Gasteiger partial charge on any atom is -0.480 e. The molecular weight excluding hydrogens is 282 g/mol. The Morgan fingerprint density at radius 1 is 1.55 bits per heavy atom. The van der Waals surface area contributed by atoms with E-state index in [1.54, 1.807) is 25.3 Å². The van der Waals surface area contributed by atoms with Crippen molar-refractivity contribution in [3.05, 3.63) is 24.5 Å². The Morgan fingerprint density at radius 2 is 2.25 bits per heavy atom. The Kier molecular flexibility index (Phi) is 3.78. The third-order valence-corrected chi connectivity index (χ3v) is 5.09. The molecule has 0 spiro atoms. The number of aliphatic carboxylic acids is 1. The van der Waals surface area contributed by atoms with Crippen LogP contribution in [-0.2, 0) is 14.8 Å². The van der Waals surface area contributed by atoms with Crippen LogP contribution in [0.5, 0.6) is 0 Å². The van der Waals surface area contributed by atoms with Gasteiger partial charge in [-0.05, 0) is 18.6 Å². The van der Waals surface area contributed by atoms with E-state index in [-0.39, 0.29) is 11.3 Å². The third kappa shape index (κ3) is 2.27. The van der Waals surface area contributed by atoms with E-state index in [4.69, 9.17) is 5.11 Å². The zero-order valence-electron chi connectivity index (χ0n) is 11.1. The zero-order chi connectivity index (χ0) is 14.9. The lowest BCUT2D eigenvalue weighted by molar-refractivity contribution is -0.141. The van der Waals surface area contributed by atoms with E-state index in [9.17, 15) is 13.2 Å². The van der Waals surface area contributed by atoms with Gasteiger partial charge in [0.1, 0.15) is 16.6 Å². The molecule has 0 aromatic carbocycles. The van der Waals surface area contributed by atoms with Crippen LogP contribution in [0.3, 0.4) is 0 Å². The number of fused-ring (bicyclic) bond motifs is 1. The maximum atomic E-state index is 12.5. The van der Waals surface area contributed by atoms with Gasteiger partial charge >= 0.3 is 5.97 Å². The number of hydrogen-bond acceptors (Lipinski definition) is 4. The second kappa shape index (κ2) is 5.22. The summed E-state index contributed by atoms with van der Waals surface area (Å²) in [6.07, 6.45) is 3.06. The molecule has 0 aliphatic rings. The number of nitrogens with zero attached hydrogens (tertiary/aromatic N) is 2. The molecule has 0 aliphatic carbocycles. The molecule has 1 atom stereocenters. The Balaban J connectivity index is 2.52. The summed E-state index contributed by atoms with van der Waals surface area (Å²) < 4.78 is 25.9. The van der Waals surface area contributed by atoms with Crippen LogP contribution >= 0.6 is 0 Å². The summed E-state index contributed by atoms with van der Waals surface area (Å²) in [6, 6.07) is 2.16. The van der Waals surface area contributed by atoms with Gasteiger partial charge in [-0.2, -0.15) is 4.31 Å². The number of aromatic amines is 1. The first kappa shape index (κ1) is 14.5. The van der Waals surface area contributed by atoms with Crippen LogP contribution in [0.25, 0.3) is 11.0 Å². The maximum Gasteiger partial charge on any atom is 0.321 e. The quantitative estimate of drug-likeness (QED) is 0.858. The van der Waals surface area contributed by atoms with E-state index in [0.29, 0.717) is 11.0 Å². The molecule has 8 heteroatoms. The summed E-state index contributed by atoms with van der Waals surface area (Å²) in [7, 11) is -2.63. The van der Waals surface area contributed by atoms with Gasteiger partial charge in [-0.25, -0.2) is 13.4 Å². The average Bonchev–Trinajstić information content (AvgIpc) is 2.83. The van der Waals surface area contributed by atoms with Gasteiger partial charge in [0, 0.05) is 24.8 Å². The van der Waals surface area contributed by atoms with E-state index in [2.05, 4.69) is 9.97 Å². The molecule has 2 aromatic rings. The standard InChI is InChI=1S/C12H15N3O4S/c1-3-9(12(16)17)15(2)20(18,19)10-7-14-11-8(10)5-4-6-13-11/h4-7,9H,3H2,1-2H3,(H,13,14)(H,16,17). The first-order valence-corrected chi connectivity index (χ1v) is 7.46. The minimum atomic E-state index is -3.90. The summed E-state index contributed by atoms with van der Waals surface area (Å²) in [5, 5.41) is 9.54. The minimum absolute atomic E-state index is 0.0304. The average molecular weight is 297 g/mol. The first-order valence-electron chi connectivity index (χ1n) is 6.02. The van der Waals surface area contributed by atoms with E-state index in [0.717, 1.165) is 4.31 Å². The van der Waals surface area contributed by atoms with E-state index in [1.807, 2.05) is 0 Å². The molecule has 0 bridgehead atoms. The third-order valence-electron chi connectivity index (χ3n) is 3.18. The van der Waals surface area contributed by atoms with Crippen LogP contribution in [0.4, 0.5) is 0 Å². The monoisotopic (exact) mass is 297 g/mol. The fraction of sp³-hybridized carbons (Fsp3) is 0.333. The highest BCUT2D eigenvalue weighted by molar-refractivity contribution is 7.89. The summed E-state index contributed by atoms with van der Waals surface area (Å²) >= 11 is 0. The number of carboxylic acid groups (broad SMARTS) is 1. The Hall–Kier alpha value is -1.93. The number of carboxylic acids is 1. The molecule has 2 N–H and O–H groups in total. The van der Waals surface area contributed by atoms with Gasteiger partial charge in [0.25, 0.3) is 0 Å². The lowest BCUT2D eigenvalue weighted by Gasteiger charge is -2.22. The first-order chi connectivity index (χ1) is 9.39. The highest BCUT2D eigenvalue weighted by Crippen LogP contribution is 2.25. The van der Waals surface area contributed by atoms with Gasteiger partial charge in [-0.1, -0.05) is 6.92 Å². The molecule has 108 valence electrons. The molecule has 0 fully saturated rings. The molecule has 0 radical (unpaired) electrons. The molecule has 0 amide bonds. The molecule has 0 saturated carbocycles. The van der Waals surface area contributed by atoms with Crippen LogP contribution in [-0.4, -0.2) is 46.9 Å². The number of aromatic nitrogens is 2. The SMILES string of the molecule is CCC(C(=O)O)N(C)S(=O)(=O)c1c[nH]c2ncccc12. The summed E-state index contributed by atoms with van der Waals surface area (Å²) in [5.74, 6) is -1.17. The van der Waals surface area contributed by atoms with E-state index in [1.165, 1.54) is 13.2 Å². The lowest BCUT2D eigenvalue weighted by atomic mass is 10.2.